The lowest BCUT2D eigenvalue weighted by Crippen LogP contribution is -2.35. The van der Waals surface area contributed by atoms with Gasteiger partial charge in [0.25, 0.3) is 5.91 Å². The van der Waals surface area contributed by atoms with Gasteiger partial charge in [0.2, 0.25) is 0 Å². The maximum atomic E-state index is 12.0. The number of aromatic nitrogens is 1. The molecule has 0 saturated carbocycles. The third-order valence-corrected chi connectivity index (χ3v) is 4.02. The van der Waals surface area contributed by atoms with E-state index in [1.54, 1.807) is 5.38 Å². The van der Waals surface area contributed by atoms with E-state index in [2.05, 4.69) is 28.4 Å². The molecular weight excluding hydrogens is 256 g/mol. The molecule has 0 radical (unpaired) electrons. The SMILES string of the molecule is C#Cc1nc(C(=O)NC2Cc3ccccc3C2)cs1. The van der Waals surface area contributed by atoms with Crippen molar-refractivity contribution in [1.82, 2.24) is 10.3 Å². The summed E-state index contributed by atoms with van der Waals surface area (Å²) in [5.74, 6) is 2.29. The van der Waals surface area contributed by atoms with Crippen LogP contribution in [0.4, 0.5) is 0 Å². The highest BCUT2D eigenvalue weighted by atomic mass is 32.1. The van der Waals surface area contributed by atoms with Gasteiger partial charge in [-0.3, -0.25) is 4.79 Å². The summed E-state index contributed by atoms with van der Waals surface area (Å²) in [6, 6.07) is 8.44. The molecule has 0 saturated heterocycles. The Bertz CT molecular complexity index is 644. The molecule has 3 nitrogen and oxygen atoms in total. The summed E-state index contributed by atoms with van der Waals surface area (Å²) in [5, 5.41) is 5.26. The average molecular weight is 268 g/mol. The van der Waals surface area contributed by atoms with E-state index in [0.29, 0.717) is 10.7 Å². The van der Waals surface area contributed by atoms with Gasteiger partial charge >= 0.3 is 0 Å². The molecule has 0 unspecified atom stereocenters. The highest BCUT2D eigenvalue weighted by molar-refractivity contribution is 7.10. The van der Waals surface area contributed by atoms with Crippen molar-refractivity contribution in [2.75, 3.05) is 0 Å². The molecule has 1 aliphatic carbocycles. The van der Waals surface area contributed by atoms with E-state index in [1.807, 2.05) is 12.1 Å². The van der Waals surface area contributed by atoms with E-state index in [4.69, 9.17) is 6.42 Å². The van der Waals surface area contributed by atoms with Crippen molar-refractivity contribution in [3.63, 3.8) is 0 Å². The number of thiazole rings is 1. The quantitative estimate of drug-likeness (QED) is 0.847. The van der Waals surface area contributed by atoms with E-state index >= 15 is 0 Å². The molecule has 1 aromatic carbocycles. The zero-order valence-corrected chi connectivity index (χ0v) is 11.0. The van der Waals surface area contributed by atoms with Crippen molar-refractivity contribution < 1.29 is 4.79 Å². The lowest BCUT2D eigenvalue weighted by Gasteiger charge is -2.10. The molecule has 1 N–H and O–H groups in total. The largest absolute Gasteiger partial charge is 0.347 e. The molecule has 0 atom stereocenters. The number of carbonyl (C=O) groups is 1. The summed E-state index contributed by atoms with van der Waals surface area (Å²) in [5.41, 5.74) is 3.04. The molecule has 3 rings (SSSR count). The summed E-state index contributed by atoms with van der Waals surface area (Å²) in [6.07, 6.45) is 7.02. The smallest absolute Gasteiger partial charge is 0.271 e. The number of fused-ring (bicyclic) bond motifs is 1. The number of hydrogen-bond acceptors (Lipinski definition) is 3. The normalized spacial score (nSPS) is 13.8. The Morgan fingerprint density at radius 2 is 2.05 bits per heavy atom. The first-order valence-electron chi connectivity index (χ1n) is 6.06. The summed E-state index contributed by atoms with van der Waals surface area (Å²) in [7, 11) is 0. The van der Waals surface area contributed by atoms with Crippen LogP contribution >= 0.6 is 11.3 Å². The van der Waals surface area contributed by atoms with Crippen LogP contribution in [0.1, 0.15) is 26.6 Å². The number of benzene rings is 1. The van der Waals surface area contributed by atoms with Crippen LogP contribution in [0.3, 0.4) is 0 Å². The van der Waals surface area contributed by atoms with Gasteiger partial charge in [0.15, 0.2) is 5.01 Å². The molecule has 94 valence electrons. The maximum absolute atomic E-state index is 12.0. The monoisotopic (exact) mass is 268 g/mol. The topological polar surface area (TPSA) is 42.0 Å². The fourth-order valence-corrected chi connectivity index (χ4v) is 2.97. The molecule has 0 aliphatic heterocycles. The van der Waals surface area contributed by atoms with Crippen molar-refractivity contribution in [2.24, 2.45) is 0 Å². The number of hydrogen-bond donors (Lipinski definition) is 1. The Labute approximate surface area is 115 Å². The minimum absolute atomic E-state index is 0.143. The van der Waals surface area contributed by atoms with E-state index < -0.39 is 0 Å². The van der Waals surface area contributed by atoms with Crippen LogP contribution in [0.15, 0.2) is 29.6 Å². The molecule has 0 fully saturated rings. The van der Waals surface area contributed by atoms with Gasteiger partial charge in [-0.2, -0.15) is 0 Å². The number of rotatable bonds is 2. The van der Waals surface area contributed by atoms with Gasteiger partial charge < -0.3 is 5.32 Å². The maximum Gasteiger partial charge on any atom is 0.271 e. The van der Waals surface area contributed by atoms with Crippen LogP contribution < -0.4 is 5.32 Å². The van der Waals surface area contributed by atoms with Crippen molar-refractivity contribution in [3.8, 4) is 12.3 Å². The first kappa shape index (κ1) is 11.9. The van der Waals surface area contributed by atoms with E-state index in [0.717, 1.165) is 12.8 Å². The summed E-state index contributed by atoms with van der Waals surface area (Å²) < 4.78 is 0. The standard InChI is InChI=1S/C15H12N2OS/c1-2-14-17-13(9-19-14)15(18)16-12-7-10-5-3-4-6-11(10)8-12/h1,3-6,9,12H,7-8H2,(H,16,18). The lowest BCUT2D eigenvalue weighted by atomic mass is 10.1. The van der Waals surface area contributed by atoms with Crippen molar-refractivity contribution >= 4 is 17.2 Å². The minimum atomic E-state index is -0.143. The molecule has 1 amide bonds. The number of amides is 1. The Kier molecular flexibility index (Phi) is 3.06. The van der Waals surface area contributed by atoms with Crippen molar-refractivity contribution in [2.45, 2.75) is 18.9 Å². The number of carbonyl (C=O) groups excluding carboxylic acids is 1. The van der Waals surface area contributed by atoms with E-state index in [1.165, 1.54) is 22.5 Å². The average Bonchev–Trinajstić information content (AvgIpc) is 3.04. The second-order valence-corrected chi connectivity index (χ2v) is 5.39. The minimum Gasteiger partial charge on any atom is -0.347 e. The molecule has 1 heterocycles. The highest BCUT2D eigenvalue weighted by Crippen LogP contribution is 2.22. The predicted molar refractivity (Wildman–Crippen MR) is 75.2 cm³/mol. The molecular formula is C15H12N2OS. The second kappa shape index (κ2) is 4.87. The van der Waals surface area contributed by atoms with Crippen LogP contribution in [0, 0.1) is 12.3 Å². The van der Waals surface area contributed by atoms with Gasteiger partial charge in [0.1, 0.15) is 5.69 Å². The predicted octanol–water partition coefficient (Wildman–Crippen LogP) is 2.02. The lowest BCUT2D eigenvalue weighted by molar-refractivity contribution is 0.0934. The summed E-state index contributed by atoms with van der Waals surface area (Å²) in [4.78, 5) is 16.1. The van der Waals surface area contributed by atoms with E-state index in [9.17, 15) is 4.79 Å². The van der Waals surface area contributed by atoms with Gasteiger partial charge in [-0.05, 0) is 29.9 Å². The van der Waals surface area contributed by atoms with Crippen LogP contribution in [0.2, 0.25) is 0 Å². The van der Waals surface area contributed by atoms with Gasteiger partial charge in [-0.25, -0.2) is 4.98 Å². The first-order valence-corrected chi connectivity index (χ1v) is 6.94. The molecule has 1 aromatic heterocycles. The molecule has 0 bridgehead atoms. The van der Waals surface area contributed by atoms with Crippen LogP contribution in [0.5, 0.6) is 0 Å². The van der Waals surface area contributed by atoms with Crippen LogP contribution in [-0.2, 0) is 12.8 Å². The zero-order valence-electron chi connectivity index (χ0n) is 10.2. The molecule has 1 aliphatic rings. The van der Waals surface area contributed by atoms with Gasteiger partial charge in [-0.15, -0.1) is 17.8 Å². The Morgan fingerprint density at radius 1 is 1.37 bits per heavy atom. The zero-order chi connectivity index (χ0) is 13.2. The summed E-state index contributed by atoms with van der Waals surface area (Å²) >= 11 is 1.32. The first-order chi connectivity index (χ1) is 9.26. The molecule has 2 aromatic rings. The van der Waals surface area contributed by atoms with Gasteiger partial charge in [-0.1, -0.05) is 24.3 Å². The third-order valence-electron chi connectivity index (χ3n) is 3.25. The molecule has 4 heteroatoms. The Morgan fingerprint density at radius 3 is 2.63 bits per heavy atom. The fraction of sp³-hybridized carbons (Fsp3) is 0.200. The van der Waals surface area contributed by atoms with Crippen LogP contribution in [-0.4, -0.2) is 16.9 Å². The Balaban J connectivity index is 1.68. The molecule has 19 heavy (non-hydrogen) atoms. The Hall–Kier alpha value is -2.12. The fourth-order valence-electron chi connectivity index (χ4n) is 2.36. The van der Waals surface area contributed by atoms with Gasteiger partial charge in [0.05, 0.1) is 0 Å². The highest BCUT2D eigenvalue weighted by Gasteiger charge is 2.23. The number of terminal acetylenes is 1. The molecule has 0 spiro atoms. The van der Waals surface area contributed by atoms with Crippen molar-refractivity contribution in [3.05, 3.63) is 51.5 Å². The van der Waals surface area contributed by atoms with Crippen molar-refractivity contribution in [1.29, 1.82) is 0 Å². The van der Waals surface area contributed by atoms with E-state index in [-0.39, 0.29) is 11.9 Å². The third kappa shape index (κ3) is 2.38. The number of nitrogens with zero attached hydrogens (tertiary/aromatic N) is 1. The number of nitrogens with one attached hydrogen (secondary N) is 1. The van der Waals surface area contributed by atoms with Gasteiger partial charge in [0, 0.05) is 11.4 Å². The van der Waals surface area contributed by atoms with Crippen LogP contribution in [0.25, 0.3) is 0 Å². The second-order valence-electron chi connectivity index (χ2n) is 4.53. The summed E-state index contributed by atoms with van der Waals surface area (Å²) in [6.45, 7) is 0.